The van der Waals surface area contributed by atoms with Gasteiger partial charge in [-0.15, -0.1) is 0 Å². The fourth-order valence-corrected chi connectivity index (χ4v) is 2.32. The largest absolute Gasteiger partial charge is 0.396 e. The first-order valence-corrected chi connectivity index (χ1v) is 6.45. The molecule has 0 spiro atoms. The molecule has 1 saturated carbocycles. The van der Waals surface area contributed by atoms with Crippen LogP contribution in [-0.2, 0) is 0 Å². The summed E-state index contributed by atoms with van der Waals surface area (Å²) < 4.78 is 0. The van der Waals surface area contributed by atoms with E-state index in [4.69, 9.17) is 0 Å². The van der Waals surface area contributed by atoms with E-state index in [1.807, 2.05) is 0 Å². The van der Waals surface area contributed by atoms with Gasteiger partial charge in [-0.2, -0.15) is 0 Å². The van der Waals surface area contributed by atoms with Gasteiger partial charge in [-0.05, 0) is 32.1 Å². The maximum atomic E-state index is 9.32. The van der Waals surface area contributed by atoms with Gasteiger partial charge in [0.1, 0.15) is 0 Å². The zero-order chi connectivity index (χ0) is 11.3. The number of aliphatic hydroxyl groups is 1. The Bertz CT molecular complexity index is 171. The normalized spacial score (nSPS) is 24.0. The minimum atomic E-state index is 0.0624. The van der Waals surface area contributed by atoms with E-state index in [-0.39, 0.29) is 12.0 Å². The summed E-state index contributed by atoms with van der Waals surface area (Å²) in [5, 5.41) is 12.9. The molecule has 0 aromatic carbocycles. The smallest absolute Gasteiger partial charge is 0.0496 e. The van der Waals surface area contributed by atoms with Crippen molar-refractivity contribution in [2.24, 2.45) is 11.3 Å². The van der Waals surface area contributed by atoms with E-state index in [0.29, 0.717) is 6.04 Å². The van der Waals surface area contributed by atoms with Gasteiger partial charge in [0.2, 0.25) is 0 Å². The molecule has 2 atom stereocenters. The third-order valence-electron chi connectivity index (χ3n) is 4.19. The molecule has 0 aromatic heterocycles. The standard InChI is InChI=1S/C13H27NO/c1-4-13(3,10-15)9-14-11(2)12-7-5-6-8-12/h11-12,14-15H,4-10H2,1-3H3/t11-,13?/m1/s1. The first kappa shape index (κ1) is 13.0. The molecule has 90 valence electrons. The summed E-state index contributed by atoms with van der Waals surface area (Å²) in [4.78, 5) is 0. The molecule has 2 N–H and O–H groups in total. The van der Waals surface area contributed by atoms with Crippen LogP contribution in [0.15, 0.2) is 0 Å². The number of aliphatic hydroxyl groups excluding tert-OH is 1. The zero-order valence-electron chi connectivity index (χ0n) is 10.6. The second-order valence-electron chi connectivity index (χ2n) is 5.54. The van der Waals surface area contributed by atoms with Gasteiger partial charge in [0.25, 0.3) is 0 Å². The van der Waals surface area contributed by atoms with Crippen molar-refractivity contribution in [3.8, 4) is 0 Å². The van der Waals surface area contributed by atoms with E-state index in [1.165, 1.54) is 25.7 Å². The molecule has 0 heterocycles. The highest BCUT2D eigenvalue weighted by atomic mass is 16.3. The quantitative estimate of drug-likeness (QED) is 0.711. The monoisotopic (exact) mass is 213 g/mol. The van der Waals surface area contributed by atoms with Gasteiger partial charge >= 0.3 is 0 Å². The van der Waals surface area contributed by atoms with Crippen LogP contribution in [0.5, 0.6) is 0 Å². The fourth-order valence-electron chi connectivity index (χ4n) is 2.32. The molecule has 0 radical (unpaired) electrons. The predicted octanol–water partition coefficient (Wildman–Crippen LogP) is 2.56. The zero-order valence-corrected chi connectivity index (χ0v) is 10.6. The van der Waals surface area contributed by atoms with Crippen molar-refractivity contribution in [2.45, 2.75) is 58.9 Å². The topological polar surface area (TPSA) is 32.3 Å². The highest BCUT2D eigenvalue weighted by Gasteiger charge is 2.25. The highest BCUT2D eigenvalue weighted by molar-refractivity contribution is 4.81. The van der Waals surface area contributed by atoms with Crippen molar-refractivity contribution >= 4 is 0 Å². The van der Waals surface area contributed by atoms with Crippen molar-refractivity contribution in [1.82, 2.24) is 5.32 Å². The second-order valence-corrected chi connectivity index (χ2v) is 5.54. The molecule has 1 aliphatic rings. The maximum Gasteiger partial charge on any atom is 0.0496 e. The lowest BCUT2D eigenvalue weighted by Crippen LogP contribution is -2.41. The Morgan fingerprint density at radius 2 is 2.00 bits per heavy atom. The second kappa shape index (κ2) is 5.86. The Morgan fingerprint density at radius 1 is 1.40 bits per heavy atom. The van der Waals surface area contributed by atoms with Gasteiger partial charge in [-0.3, -0.25) is 0 Å². The molecule has 1 aliphatic carbocycles. The van der Waals surface area contributed by atoms with E-state index in [9.17, 15) is 5.11 Å². The van der Waals surface area contributed by atoms with E-state index in [2.05, 4.69) is 26.1 Å². The molecule has 15 heavy (non-hydrogen) atoms. The molecular weight excluding hydrogens is 186 g/mol. The Balaban J connectivity index is 2.28. The molecular formula is C13H27NO. The molecule has 2 nitrogen and oxygen atoms in total. The summed E-state index contributed by atoms with van der Waals surface area (Å²) in [6, 6.07) is 0.616. The van der Waals surface area contributed by atoms with E-state index in [0.717, 1.165) is 18.9 Å². The molecule has 0 bridgehead atoms. The molecule has 1 rings (SSSR count). The van der Waals surface area contributed by atoms with Gasteiger partial charge in [0.15, 0.2) is 0 Å². The maximum absolute atomic E-state index is 9.32. The van der Waals surface area contributed by atoms with E-state index in [1.54, 1.807) is 0 Å². The summed E-state index contributed by atoms with van der Waals surface area (Å²) >= 11 is 0. The lowest BCUT2D eigenvalue weighted by atomic mass is 9.87. The van der Waals surface area contributed by atoms with E-state index < -0.39 is 0 Å². The number of hydrogen-bond acceptors (Lipinski definition) is 2. The molecule has 2 heteroatoms. The molecule has 0 saturated heterocycles. The molecule has 0 aromatic rings. The van der Waals surface area contributed by atoms with Gasteiger partial charge < -0.3 is 10.4 Å². The molecule has 1 unspecified atom stereocenters. The average Bonchev–Trinajstić information content (AvgIpc) is 2.79. The molecule has 0 amide bonds. The summed E-state index contributed by atoms with van der Waals surface area (Å²) in [6.07, 6.45) is 6.61. The van der Waals surface area contributed by atoms with Crippen LogP contribution in [0.2, 0.25) is 0 Å². The van der Waals surface area contributed by atoms with Crippen molar-refractivity contribution < 1.29 is 5.11 Å². The number of nitrogens with one attached hydrogen (secondary N) is 1. The van der Waals surface area contributed by atoms with E-state index >= 15 is 0 Å². The lowest BCUT2D eigenvalue weighted by Gasteiger charge is -2.30. The fraction of sp³-hybridized carbons (Fsp3) is 1.00. The van der Waals surface area contributed by atoms with Gasteiger partial charge in [0.05, 0.1) is 0 Å². The minimum absolute atomic E-state index is 0.0624. The van der Waals surface area contributed by atoms with Gasteiger partial charge in [-0.1, -0.05) is 26.7 Å². The van der Waals surface area contributed by atoms with Crippen LogP contribution in [0.25, 0.3) is 0 Å². The van der Waals surface area contributed by atoms with Crippen molar-refractivity contribution in [1.29, 1.82) is 0 Å². The minimum Gasteiger partial charge on any atom is -0.396 e. The van der Waals surface area contributed by atoms with Crippen LogP contribution in [0.1, 0.15) is 52.9 Å². The number of hydrogen-bond donors (Lipinski definition) is 2. The lowest BCUT2D eigenvalue weighted by molar-refractivity contribution is 0.129. The Morgan fingerprint density at radius 3 is 2.47 bits per heavy atom. The van der Waals surface area contributed by atoms with Crippen LogP contribution in [-0.4, -0.2) is 24.3 Å². The summed E-state index contributed by atoms with van der Waals surface area (Å²) in [5.74, 6) is 0.866. The van der Waals surface area contributed by atoms with Crippen LogP contribution in [0.3, 0.4) is 0 Å². The van der Waals surface area contributed by atoms with Gasteiger partial charge in [0, 0.05) is 24.6 Å². The summed E-state index contributed by atoms with van der Waals surface area (Å²) in [5.41, 5.74) is 0.0624. The Hall–Kier alpha value is -0.0800. The SMILES string of the molecule is CCC(C)(CO)CN[C@H](C)C1CCCC1. The molecule has 0 aliphatic heterocycles. The third kappa shape index (κ3) is 3.76. The predicted molar refractivity (Wildman–Crippen MR) is 64.9 cm³/mol. The highest BCUT2D eigenvalue weighted by Crippen LogP contribution is 2.28. The Labute approximate surface area is 94.5 Å². The van der Waals surface area contributed by atoms with Crippen LogP contribution >= 0.6 is 0 Å². The van der Waals surface area contributed by atoms with Crippen molar-refractivity contribution in [3.63, 3.8) is 0 Å². The first-order valence-electron chi connectivity index (χ1n) is 6.45. The summed E-state index contributed by atoms with van der Waals surface area (Å²) in [7, 11) is 0. The van der Waals surface area contributed by atoms with Crippen molar-refractivity contribution in [2.75, 3.05) is 13.2 Å². The van der Waals surface area contributed by atoms with Crippen molar-refractivity contribution in [3.05, 3.63) is 0 Å². The van der Waals surface area contributed by atoms with Crippen LogP contribution in [0.4, 0.5) is 0 Å². The Kier molecular flexibility index (Phi) is 5.07. The average molecular weight is 213 g/mol. The van der Waals surface area contributed by atoms with Crippen LogP contribution < -0.4 is 5.32 Å². The molecule has 1 fully saturated rings. The van der Waals surface area contributed by atoms with Crippen LogP contribution in [0, 0.1) is 11.3 Å². The first-order chi connectivity index (χ1) is 7.11. The third-order valence-corrected chi connectivity index (χ3v) is 4.19. The van der Waals surface area contributed by atoms with Gasteiger partial charge in [-0.25, -0.2) is 0 Å². The summed E-state index contributed by atoms with van der Waals surface area (Å²) in [6.45, 7) is 7.83. The number of rotatable bonds is 6.